The van der Waals surface area contributed by atoms with Crippen LogP contribution in [0.2, 0.25) is 0 Å². The van der Waals surface area contributed by atoms with Crippen molar-refractivity contribution in [3.8, 4) is 0 Å². The maximum absolute atomic E-state index is 15.1. The largest absolute Gasteiger partial charge is 0.465 e. The van der Waals surface area contributed by atoms with Crippen molar-refractivity contribution in [2.45, 2.75) is 60.6 Å². The molecule has 3 fully saturated rings. The number of likely N-dealkylation sites (tertiary alicyclic amines) is 1. The van der Waals surface area contributed by atoms with E-state index in [0.717, 1.165) is 22.8 Å². The summed E-state index contributed by atoms with van der Waals surface area (Å²) in [5, 5.41) is 12.9. The number of nitrogens with zero attached hydrogens (tertiary/aromatic N) is 2. The molecular formula is C38H42N2O5S. The second-order valence-electron chi connectivity index (χ2n) is 12.9. The van der Waals surface area contributed by atoms with Gasteiger partial charge in [-0.2, -0.15) is 0 Å². The Morgan fingerprint density at radius 3 is 2.52 bits per heavy atom. The first-order valence-corrected chi connectivity index (χ1v) is 17.0. The quantitative estimate of drug-likeness (QED) is 0.141. The summed E-state index contributed by atoms with van der Waals surface area (Å²) in [6.07, 6.45) is 6.55. The molecule has 0 radical (unpaired) electrons. The lowest BCUT2D eigenvalue weighted by Gasteiger charge is -2.39. The van der Waals surface area contributed by atoms with Crippen LogP contribution in [0.15, 0.2) is 98.1 Å². The molecule has 3 aromatic rings. The van der Waals surface area contributed by atoms with Gasteiger partial charge < -0.3 is 19.6 Å². The number of carbonyl (C=O) groups excluding carboxylic acids is 3. The summed E-state index contributed by atoms with van der Waals surface area (Å²) in [6, 6.07) is 22.1. The van der Waals surface area contributed by atoms with Crippen molar-refractivity contribution in [2.75, 3.05) is 24.7 Å². The van der Waals surface area contributed by atoms with Gasteiger partial charge in [-0.25, -0.2) is 0 Å². The van der Waals surface area contributed by atoms with Gasteiger partial charge in [-0.05, 0) is 67.5 Å². The number of anilines is 1. The Morgan fingerprint density at radius 2 is 1.80 bits per heavy atom. The third-order valence-electron chi connectivity index (χ3n) is 10.0. The number of benzene rings is 3. The van der Waals surface area contributed by atoms with E-state index in [2.05, 4.69) is 13.2 Å². The number of carbonyl (C=O) groups is 3. The van der Waals surface area contributed by atoms with E-state index >= 15 is 4.79 Å². The van der Waals surface area contributed by atoms with Crippen LogP contribution < -0.4 is 4.90 Å². The maximum Gasteiger partial charge on any atom is 0.311 e. The summed E-state index contributed by atoms with van der Waals surface area (Å²) in [4.78, 5) is 47.0. The Balaban J connectivity index is 1.43. The van der Waals surface area contributed by atoms with Crippen LogP contribution in [0.4, 0.5) is 5.69 Å². The molecule has 1 N–H and O–H groups in total. The molecule has 3 aliphatic rings. The molecule has 3 saturated heterocycles. The standard InChI is InChI=1S/C38H42N2O5S/c1-4-6-12-22-45-36(44)32-31-34(42)40(30(25-41)23-26-13-8-7-9-14-26)33(38(31)20-19-37(32,3)46-38)35(43)39(21-5-2)29-18-17-27-15-10-11-16-28(27)24-29/h4-5,7-11,13-18,24,30-33,41H,1-2,6,12,19-23,25H2,3H3/t30-,31+,32+,33?,37-,38?/m1/s1. The number of thioether (sulfide) groups is 1. The van der Waals surface area contributed by atoms with E-state index in [1.165, 1.54) is 0 Å². The number of fused-ring (bicyclic) bond motifs is 2. The van der Waals surface area contributed by atoms with Crippen molar-refractivity contribution in [1.82, 2.24) is 4.90 Å². The highest BCUT2D eigenvalue weighted by Crippen LogP contribution is 2.72. The first-order valence-electron chi connectivity index (χ1n) is 16.1. The second-order valence-corrected chi connectivity index (χ2v) is 14.8. The van der Waals surface area contributed by atoms with Crippen molar-refractivity contribution >= 4 is 46.0 Å². The number of aliphatic hydroxyl groups excluding tert-OH is 1. The molecular weight excluding hydrogens is 596 g/mol. The minimum absolute atomic E-state index is 0.228. The van der Waals surface area contributed by atoms with E-state index in [9.17, 15) is 14.7 Å². The Morgan fingerprint density at radius 1 is 1.07 bits per heavy atom. The van der Waals surface area contributed by atoms with Crippen LogP contribution in [-0.4, -0.2) is 69.1 Å². The van der Waals surface area contributed by atoms with Gasteiger partial charge in [0.1, 0.15) is 6.04 Å². The molecule has 0 aliphatic carbocycles. The molecule has 0 saturated carbocycles. The summed E-state index contributed by atoms with van der Waals surface area (Å²) in [6.45, 7) is 9.92. The normalized spacial score (nSPS) is 27.0. The number of allylic oxidation sites excluding steroid dienone is 1. The molecule has 6 atom stereocenters. The minimum atomic E-state index is -0.886. The molecule has 46 heavy (non-hydrogen) atoms. The zero-order valence-electron chi connectivity index (χ0n) is 26.3. The van der Waals surface area contributed by atoms with Crippen molar-refractivity contribution in [2.24, 2.45) is 11.8 Å². The number of unbranched alkanes of at least 4 members (excludes halogenated alkanes) is 1. The Hall–Kier alpha value is -3.88. The fraction of sp³-hybridized carbons (Fsp3) is 0.395. The van der Waals surface area contributed by atoms with Crippen molar-refractivity contribution in [1.29, 1.82) is 0 Å². The molecule has 240 valence electrons. The lowest BCUT2D eigenvalue weighted by molar-refractivity contribution is -0.156. The van der Waals surface area contributed by atoms with Gasteiger partial charge in [-0.3, -0.25) is 14.4 Å². The van der Waals surface area contributed by atoms with E-state index < -0.39 is 33.4 Å². The molecule has 6 rings (SSSR count). The highest BCUT2D eigenvalue weighted by molar-refractivity contribution is 8.02. The maximum atomic E-state index is 15.1. The lowest BCUT2D eigenvalue weighted by Crippen LogP contribution is -2.58. The third kappa shape index (κ3) is 5.45. The average Bonchev–Trinajstić information content (AvgIpc) is 3.65. The highest BCUT2D eigenvalue weighted by atomic mass is 32.2. The number of amides is 2. The monoisotopic (exact) mass is 638 g/mol. The van der Waals surface area contributed by atoms with E-state index in [4.69, 9.17) is 4.74 Å². The Labute approximate surface area is 275 Å². The van der Waals surface area contributed by atoms with Crippen LogP contribution in [0, 0.1) is 11.8 Å². The van der Waals surface area contributed by atoms with Crippen LogP contribution >= 0.6 is 11.8 Å². The molecule has 3 aromatic carbocycles. The van der Waals surface area contributed by atoms with Gasteiger partial charge in [0.25, 0.3) is 5.91 Å². The number of hydrogen-bond acceptors (Lipinski definition) is 6. The van der Waals surface area contributed by atoms with E-state index in [-0.39, 0.29) is 37.5 Å². The molecule has 2 amide bonds. The predicted octanol–water partition coefficient (Wildman–Crippen LogP) is 5.95. The Bertz CT molecular complexity index is 1640. The first kappa shape index (κ1) is 32.1. The molecule has 3 aliphatic heterocycles. The van der Waals surface area contributed by atoms with Gasteiger partial charge >= 0.3 is 5.97 Å². The number of hydrogen-bond donors (Lipinski definition) is 1. The third-order valence-corrected chi connectivity index (χ3v) is 12.0. The zero-order valence-corrected chi connectivity index (χ0v) is 27.2. The number of aliphatic hydroxyl groups is 1. The summed E-state index contributed by atoms with van der Waals surface area (Å²) in [5.74, 6) is -2.28. The van der Waals surface area contributed by atoms with Gasteiger partial charge in [0.15, 0.2) is 0 Å². The lowest BCUT2D eigenvalue weighted by atomic mass is 9.66. The van der Waals surface area contributed by atoms with Crippen LogP contribution in [0.3, 0.4) is 0 Å². The van der Waals surface area contributed by atoms with Gasteiger partial charge in [0, 0.05) is 17.0 Å². The van der Waals surface area contributed by atoms with Crippen LogP contribution in [0.5, 0.6) is 0 Å². The minimum Gasteiger partial charge on any atom is -0.465 e. The highest BCUT2D eigenvalue weighted by Gasteiger charge is 2.78. The fourth-order valence-electron chi connectivity index (χ4n) is 7.97. The topological polar surface area (TPSA) is 87.1 Å². The molecule has 8 heteroatoms. The van der Waals surface area contributed by atoms with E-state index in [1.54, 1.807) is 33.7 Å². The van der Waals surface area contributed by atoms with Crippen molar-refractivity contribution in [3.63, 3.8) is 0 Å². The number of rotatable bonds is 13. The first-order chi connectivity index (χ1) is 22.3. The molecule has 0 aromatic heterocycles. The smallest absolute Gasteiger partial charge is 0.311 e. The zero-order chi connectivity index (χ0) is 32.5. The molecule has 1 spiro atoms. The summed E-state index contributed by atoms with van der Waals surface area (Å²) in [5.41, 5.74) is 1.66. The summed E-state index contributed by atoms with van der Waals surface area (Å²) >= 11 is 1.61. The van der Waals surface area contributed by atoms with Gasteiger partial charge in [0.05, 0.1) is 35.8 Å². The molecule has 2 unspecified atom stereocenters. The van der Waals surface area contributed by atoms with Crippen LogP contribution in [-0.2, 0) is 25.5 Å². The summed E-state index contributed by atoms with van der Waals surface area (Å²) < 4.78 is 4.40. The van der Waals surface area contributed by atoms with E-state index in [1.807, 2.05) is 79.7 Å². The SMILES string of the molecule is C=CCCCOC(=O)[C@@H]1[C@H]2C(=O)N([C@@H](CO)Cc3ccccc3)C(C(=O)N(CC=C)c3ccc4ccccc4c3)C23CC[C@@]1(C)S3. The van der Waals surface area contributed by atoms with Crippen molar-refractivity contribution in [3.05, 3.63) is 104 Å². The molecule has 7 nitrogen and oxygen atoms in total. The molecule has 2 bridgehead atoms. The molecule has 3 heterocycles. The number of ether oxygens (including phenoxy) is 1. The van der Waals surface area contributed by atoms with E-state index in [0.29, 0.717) is 31.4 Å². The average molecular weight is 639 g/mol. The Kier molecular flexibility index (Phi) is 9.12. The van der Waals surface area contributed by atoms with Crippen LogP contribution in [0.1, 0.15) is 38.2 Å². The van der Waals surface area contributed by atoms with Gasteiger partial charge in [-0.15, -0.1) is 24.9 Å². The van der Waals surface area contributed by atoms with Crippen molar-refractivity contribution < 1.29 is 24.2 Å². The van der Waals surface area contributed by atoms with Gasteiger partial charge in [-0.1, -0.05) is 72.8 Å². The van der Waals surface area contributed by atoms with Crippen LogP contribution in [0.25, 0.3) is 10.8 Å². The predicted molar refractivity (Wildman–Crippen MR) is 183 cm³/mol. The number of esters is 1. The fourth-order valence-corrected chi connectivity index (χ4v) is 10.3. The second kappa shape index (κ2) is 13.1. The summed E-state index contributed by atoms with van der Waals surface area (Å²) in [7, 11) is 0. The van der Waals surface area contributed by atoms with Gasteiger partial charge in [0.2, 0.25) is 5.91 Å².